The first-order valence-electron chi connectivity index (χ1n) is 8.11. The number of para-hydroxylation sites is 1. The van der Waals surface area contributed by atoms with Gasteiger partial charge in [-0.1, -0.05) is 18.2 Å². The third-order valence-corrected chi connectivity index (χ3v) is 5.18. The molecule has 0 spiro atoms. The van der Waals surface area contributed by atoms with Crippen molar-refractivity contribution >= 4 is 22.9 Å². The summed E-state index contributed by atoms with van der Waals surface area (Å²) < 4.78 is 13.9. The molecule has 24 heavy (non-hydrogen) atoms. The molecule has 1 amide bonds. The molecule has 0 N–H and O–H groups in total. The number of nitrogens with zero attached hydrogens (tertiary/aromatic N) is 3. The molecule has 0 saturated carbocycles. The van der Waals surface area contributed by atoms with E-state index < -0.39 is 0 Å². The molecule has 4 nitrogen and oxygen atoms in total. The van der Waals surface area contributed by atoms with Gasteiger partial charge in [-0.15, -0.1) is 11.3 Å². The highest BCUT2D eigenvalue weighted by atomic mass is 32.1. The largest absolute Gasteiger partial charge is 0.367 e. The molecule has 6 heteroatoms. The van der Waals surface area contributed by atoms with Gasteiger partial charge < -0.3 is 9.80 Å². The molecule has 1 aromatic heterocycles. The van der Waals surface area contributed by atoms with Gasteiger partial charge in [0.1, 0.15) is 5.82 Å². The summed E-state index contributed by atoms with van der Waals surface area (Å²) in [7, 11) is 1.84. The van der Waals surface area contributed by atoms with Crippen molar-refractivity contribution in [3.8, 4) is 0 Å². The number of carbonyl (C=O) groups is 1. The number of benzene rings is 1. The Bertz CT molecular complexity index is 669. The number of anilines is 1. The summed E-state index contributed by atoms with van der Waals surface area (Å²) >= 11 is 1.66. The minimum absolute atomic E-state index is 0.128. The zero-order valence-electron chi connectivity index (χ0n) is 13.8. The molecule has 1 fully saturated rings. The monoisotopic (exact) mass is 347 g/mol. The minimum Gasteiger partial charge on any atom is -0.367 e. The van der Waals surface area contributed by atoms with Gasteiger partial charge in [-0.05, 0) is 23.6 Å². The van der Waals surface area contributed by atoms with Gasteiger partial charge in [-0.3, -0.25) is 9.69 Å². The van der Waals surface area contributed by atoms with E-state index in [0.29, 0.717) is 18.8 Å². The van der Waals surface area contributed by atoms with E-state index in [1.807, 2.05) is 41.6 Å². The Morgan fingerprint density at radius 2 is 1.92 bits per heavy atom. The highest BCUT2D eigenvalue weighted by molar-refractivity contribution is 7.09. The number of hydrogen-bond donors (Lipinski definition) is 0. The average molecular weight is 347 g/mol. The predicted molar refractivity (Wildman–Crippen MR) is 95.8 cm³/mol. The quantitative estimate of drug-likeness (QED) is 0.832. The molecule has 0 bridgehead atoms. The SMILES string of the molecule is CN(Cc1cccs1)C(=O)CN1CCN(c2ccccc2F)CC1. The molecule has 1 saturated heterocycles. The second kappa shape index (κ2) is 7.77. The molecule has 0 unspecified atom stereocenters. The van der Waals surface area contributed by atoms with E-state index in [0.717, 1.165) is 26.2 Å². The summed E-state index contributed by atoms with van der Waals surface area (Å²) in [6.07, 6.45) is 0. The van der Waals surface area contributed by atoms with Crippen LogP contribution in [0.3, 0.4) is 0 Å². The van der Waals surface area contributed by atoms with Gasteiger partial charge in [-0.2, -0.15) is 0 Å². The number of thiophene rings is 1. The maximum atomic E-state index is 13.9. The van der Waals surface area contributed by atoms with E-state index in [1.165, 1.54) is 10.9 Å². The Kier molecular flexibility index (Phi) is 5.48. The zero-order chi connectivity index (χ0) is 16.9. The standard InChI is InChI=1S/C18H22FN3OS/c1-20(13-15-5-4-12-24-15)18(23)14-21-8-10-22(11-9-21)17-7-3-2-6-16(17)19/h2-7,12H,8-11,13-14H2,1H3. The van der Waals surface area contributed by atoms with Crippen LogP contribution >= 0.6 is 11.3 Å². The Hall–Kier alpha value is -1.92. The summed E-state index contributed by atoms with van der Waals surface area (Å²) in [5, 5.41) is 2.02. The lowest BCUT2D eigenvalue weighted by Crippen LogP contribution is -2.49. The number of carbonyl (C=O) groups excluding carboxylic acids is 1. The van der Waals surface area contributed by atoms with Crippen molar-refractivity contribution in [1.29, 1.82) is 0 Å². The van der Waals surface area contributed by atoms with Crippen LogP contribution in [0.5, 0.6) is 0 Å². The van der Waals surface area contributed by atoms with Crippen LogP contribution < -0.4 is 4.90 Å². The molecule has 1 aliphatic heterocycles. The summed E-state index contributed by atoms with van der Waals surface area (Å²) in [6, 6.07) is 10.9. The van der Waals surface area contributed by atoms with E-state index in [4.69, 9.17) is 0 Å². The number of likely N-dealkylation sites (N-methyl/N-ethyl adjacent to an activating group) is 1. The first-order chi connectivity index (χ1) is 11.6. The molecular weight excluding hydrogens is 325 g/mol. The number of amides is 1. The highest BCUT2D eigenvalue weighted by Gasteiger charge is 2.22. The normalized spacial score (nSPS) is 15.5. The van der Waals surface area contributed by atoms with Gasteiger partial charge in [0.15, 0.2) is 0 Å². The van der Waals surface area contributed by atoms with Crippen LogP contribution in [0.1, 0.15) is 4.88 Å². The number of halogens is 1. The van der Waals surface area contributed by atoms with Crippen LogP contribution in [0.2, 0.25) is 0 Å². The first kappa shape index (κ1) is 16.9. The molecule has 2 aromatic rings. The molecular formula is C18H22FN3OS. The molecule has 1 aliphatic rings. The van der Waals surface area contributed by atoms with Gasteiger partial charge >= 0.3 is 0 Å². The maximum Gasteiger partial charge on any atom is 0.236 e. The van der Waals surface area contributed by atoms with E-state index >= 15 is 0 Å². The van der Waals surface area contributed by atoms with Gasteiger partial charge in [-0.25, -0.2) is 4.39 Å². The van der Waals surface area contributed by atoms with Crippen molar-refractivity contribution in [1.82, 2.24) is 9.80 Å². The van der Waals surface area contributed by atoms with E-state index in [1.54, 1.807) is 22.3 Å². The number of piperazine rings is 1. The average Bonchev–Trinajstić information content (AvgIpc) is 3.09. The smallest absolute Gasteiger partial charge is 0.236 e. The van der Waals surface area contributed by atoms with Gasteiger partial charge in [0.25, 0.3) is 0 Å². The Morgan fingerprint density at radius 3 is 2.58 bits per heavy atom. The molecule has 0 aliphatic carbocycles. The lowest BCUT2D eigenvalue weighted by atomic mass is 10.2. The zero-order valence-corrected chi connectivity index (χ0v) is 14.6. The minimum atomic E-state index is -0.183. The van der Waals surface area contributed by atoms with Crippen molar-refractivity contribution in [3.05, 3.63) is 52.5 Å². The Labute approximate surface area is 146 Å². The fourth-order valence-electron chi connectivity index (χ4n) is 2.89. The Morgan fingerprint density at radius 1 is 1.17 bits per heavy atom. The second-order valence-corrected chi connectivity index (χ2v) is 7.08. The van der Waals surface area contributed by atoms with Crippen molar-refractivity contribution in [2.24, 2.45) is 0 Å². The highest BCUT2D eigenvalue weighted by Crippen LogP contribution is 2.20. The van der Waals surface area contributed by atoms with Crippen LogP contribution in [0, 0.1) is 5.82 Å². The fourth-order valence-corrected chi connectivity index (χ4v) is 3.65. The van der Waals surface area contributed by atoms with Crippen LogP contribution in [-0.4, -0.2) is 55.5 Å². The van der Waals surface area contributed by atoms with Crippen molar-refractivity contribution in [3.63, 3.8) is 0 Å². The molecule has 0 radical (unpaired) electrons. The summed E-state index contributed by atoms with van der Waals surface area (Å²) in [4.78, 5) is 19.5. The fraction of sp³-hybridized carbons (Fsp3) is 0.389. The van der Waals surface area contributed by atoms with Crippen LogP contribution in [-0.2, 0) is 11.3 Å². The third-order valence-electron chi connectivity index (χ3n) is 4.32. The number of hydrogen-bond acceptors (Lipinski definition) is 4. The molecule has 2 heterocycles. The molecule has 3 rings (SSSR count). The third kappa shape index (κ3) is 4.13. The van der Waals surface area contributed by atoms with Gasteiger partial charge in [0.2, 0.25) is 5.91 Å². The van der Waals surface area contributed by atoms with Gasteiger partial charge in [0, 0.05) is 38.1 Å². The van der Waals surface area contributed by atoms with Gasteiger partial charge in [0.05, 0.1) is 18.8 Å². The van der Waals surface area contributed by atoms with Crippen LogP contribution in [0.4, 0.5) is 10.1 Å². The number of rotatable bonds is 5. The van der Waals surface area contributed by atoms with Crippen molar-refractivity contribution < 1.29 is 9.18 Å². The van der Waals surface area contributed by atoms with Crippen LogP contribution in [0.15, 0.2) is 41.8 Å². The van der Waals surface area contributed by atoms with E-state index in [2.05, 4.69) is 4.90 Å². The lowest BCUT2D eigenvalue weighted by Gasteiger charge is -2.36. The molecule has 0 atom stereocenters. The lowest BCUT2D eigenvalue weighted by molar-refractivity contribution is -0.131. The Balaban J connectivity index is 1.48. The van der Waals surface area contributed by atoms with E-state index in [-0.39, 0.29) is 11.7 Å². The topological polar surface area (TPSA) is 26.8 Å². The van der Waals surface area contributed by atoms with Crippen molar-refractivity contribution in [2.75, 3.05) is 44.7 Å². The maximum absolute atomic E-state index is 13.9. The molecule has 128 valence electrons. The summed E-state index contributed by atoms with van der Waals surface area (Å²) in [5.74, 6) is -0.0551. The van der Waals surface area contributed by atoms with E-state index in [9.17, 15) is 9.18 Å². The second-order valence-electron chi connectivity index (χ2n) is 6.04. The first-order valence-corrected chi connectivity index (χ1v) is 8.99. The summed E-state index contributed by atoms with van der Waals surface area (Å²) in [6.45, 7) is 4.10. The summed E-state index contributed by atoms with van der Waals surface area (Å²) in [5.41, 5.74) is 0.651. The van der Waals surface area contributed by atoms with Crippen molar-refractivity contribution in [2.45, 2.75) is 6.54 Å². The molecule has 1 aromatic carbocycles. The predicted octanol–water partition coefficient (Wildman–Crippen LogP) is 2.67. The van der Waals surface area contributed by atoms with Crippen LogP contribution in [0.25, 0.3) is 0 Å².